The van der Waals surface area contributed by atoms with Crippen LogP contribution < -0.4 is 0 Å². The highest BCUT2D eigenvalue weighted by Crippen LogP contribution is 2.18. The normalized spacial score (nSPS) is 12.2. The van der Waals surface area contributed by atoms with Crippen molar-refractivity contribution in [3.63, 3.8) is 0 Å². The molecule has 4 nitrogen and oxygen atoms in total. The number of rotatable bonds is 6. The maximum atomic E-state index is 11.7. The van der Waals surface area contributed by atoms with Gasteiger partial charge in [-0.05, 0) is 46.6 Å². The number of esters is 2. The first-order valence-electron chi connectivity index (χ1n) is 6.42. The second-order valence-corrected chi connectivity index (χ2v) is 5.07. The van der Waals surface area contributed by atoms with Gasteiger partial charge in [0, 0.05) is 0 Å². The summed E-state index contributed by atoms with van der Waals surface area (Å²) >= 11 is 0. The first-order valence-corrected chi connectivity index (χ1v) is 6.42. The molecule has 0 aliphatic rings. The number of carbonyl (C=O) groups is 2. The smallest absolute Gasteiger partial charge is 0.374 e. The van der Waals surface area contributed by atoms with Gasteiger partial charge in [-0.3, -0.25) is 4.79 Å². The first-order chi connectivity index (χ1) is 8.32. The molecule has 0 amide bonds. The maximum Gasteiger partial charge on any atom is 0.374 e. The van der Waals surface area contributed by atoms with E-state index in [1.165, 1.54) is 0 Å². The fraction of sp³-hybridized carbons (Fsp3) is 0.714. The van der Waals surface area contributed by atoms with Gasteiger partial charge in [-0.1, -0.05) is 13.3 Å². The van der Waals surface area contributed by atoms with Crippen molar-refractivity contribution in [1.82, 2.24) is 0 Å². The summed E-state index contributed by atoms with van der Waals surface area (Å²) in [6.07, 6.45) is 4.28. The Bertz CT molecular complexity index is 310. The van der Waals surface area contributed by atoms with Crippen LogP contribution in [0, 0.1) is 5.41 Å². The third-order valence-electron chi connectivity index (χ3n) is 2.18. The average molecular weight is 256 g/mol. The van der Waals surface area contributed by atoms with Gasteiger partial charge in [0.05, 0.1) is 12.0 Å². The molecule has 0 saturated carbocycles. The van der Waals surface area contributed by atoms with Gasteiger partial charge in [-0.2, -0.15) is 0 Å². The maximum absolute atomic E-state index is 11.7. The lowest BCUT2D eigenvalue weighted by Gasteiger charge is -2.17. The minimum absolute atomic E-state index is 0.00484. The molecule has 0 aliphatic heterocycles. The molecule has 0 heterocycles. The van der Waals surface area contributed by atoms with Crippen LogP contribution in [0.3, 0.4) is 0 Å². The van der Waals surface area contributed by atoms with Crippen LogP contribution in [-0.4, -0.2) is 18.5 Å². The molecule has 0 N–H and O–H groups in total. The van der Waals surface area contributed by atoms with Gasteiger partial charge in [0.1, 0.15) is 0 Å². The van der Waals surface area contributed by atoms with E-state index < -0.39 is 17.4 Å². The molecule has 0 aromatic heterocycles. The largest absolute Gasteiger partial charge is 0.460 e. The van der Waals surface area contributed by atoms with E-state index in [4.69, 9.17) is 9.47 Å². The fourth-order valence-corrected chi connectivity index (χ4v) is 1.06. The van der Waals surface area contributed by atoms with E-state index in [1.54, 1.807) is 33.8 Å². The van der Waals surface area contributed by atoms with Gasteiger partial charge in [0.25, 0.3) is 0 Å². The van der Waals surface area contributed by atoms with Crippen LogP contribution in [0.15, 0.2) is 11.8 Å². The molecule has 0 fully saturated rings. The lowest BCUT2D eigenvalue weighted by Crippen LogP contribution is -2.25. The monoisotopic (exact) mass is 256 g/mol. The molecule has 0 saturated heterocycles. The minimum Gasteiger partial charge on any atom is -0.460 e. The second kappa shape index (κ2) is 7.90. The lowest BCUT2D eigenvalue weighted by atomic mass is 9.97. The summed E-state index contributed by atoms with van der Waals surface area (Å²) in [6, 6.07) is 0. The van der Waals surface area contributed by atoms with E-state index in [2.05, 4.69) is 6.92 Å². The highest BCUT2D eigenvalue weighted by Gasteiger charge is 2.26. The Labute approximate surface area is 109 Å². The molecule has 0 aromatic rings. The number of hydrogen-bond acceptors (Lipinski definition) is 4. The van der Waals surface area contributed by atoms with E-state index >= 15 is 0 Å². The number of hydrogen-bond donors (Lipinski definition) is 0. The van der Waals surface area contributed by atoms with Gasteiger partial charge in [0.2, 0.25) is 5.76 Å². The molecular weight excluding hydrogens is 232 g/mol. The van der Waals surface area contributed by atoms with Crippen LogP contribution in [0.2, 0.25) is 0 Å². The van der Waals surface area contributed by atoms with Crippen LogP contribution in [0.1, 0.15) is 53.9 Å². The van der Waals surface area contributed by atoms with E-state index in [9.17, 15) is 9.59 Å². The Kier molecular flexibility index (Phi) is 7.32. The Balaban J connectivity index is 4.72. The number of carbonyl (C=O) groups excluding carboxylic acids is 2. The fourth-order valence-electron chi connectivity index (χ4n) is 1.06. The topological polar surface area (TPSA) is 52.6 Å². The average Bonchev–Trinajstić information content (AvgIpc) is 2.26. The van der Waals surface area contributed by atoms with Crippen molar-refractivity contribution < 1.29 is 19.1 Å². The molecule has 18 heavy (non-hydrogen) atoms. The molecule has 4 heteroatoms. The molecule has 0 unspecified atom stereocenters. The van der Waals surface area contributed by atoms with Gasteiger partial charge in [-0.15, -0.1) is 0 Å². The summed E-state index contributed by atoms with van der Waals surface area (Å²) < 4.78 is 9.99. The summed E-state index contributed by atoms with van der Waals surface area (Å²) in [6.45, 7) is 9.25. The number of ether oxygens (including phenoxy) is 2. The van der Waals surface area contributed by atoms with E-state index in [1.807, 2.05) is 0 Å². The van der Waals surface area contributed by atoms with Gasteiger partial charge >= 0.3 is 11.9 Å². The highest BCUT2D eigenvalue weighted by atomic mass is 16.6. The van der Waals surface area contributed by atoms with Crippen LogP contribution >= 0.6 is 0 Å². The molecule has 0 atom stereocenters. The summed E-state index contributed by atoms with van der Waals surface area (Å²) in [7, 11) is 0. The van der Waals surface area contributed by atoms with E-state index in [0.29, 0.717) is 6.42 Å². The molecule has 0 aromatic carbocycles. The second-order valence-electron chi connectivity index (χ2n) is 5.07. The standard InChI is InChI=1S/C14H24O4/c1-6-8-9-10-11(12(15)17-7-2)18-13(16)14(3,4)5/h10H,6-9H2,1-5H3/b11-10-. The van der Waals surface area contributed by atoms with Crippen molar-refractivity contribution in [2.45, 2.75) is 53.9 Å². The van der Waals surface area contributed by atoms with Crippen molar-refractivity contribution in [3.8, 4) is 0 Å². The quantitative estimate of drug-likeness (QED) is 0.317. The third-order valence-corrected chi connectivity index (χ3v) is 2.18. The number of allylic oxidation sites excluding steroid dienone is 1. The van der Waals surface area contributed by atoms with E-state index in [-0.39, 0.29) is 12.4 Å². The Morgan fingerprint density at radius 2 is 1.78 bits per heavy atom. The first kappa shape index (κ1) is 16.7. The van der Waals surface area contributed by atoms with Gasteiger partial charge in [0.15, 0.2) is 0 Å². The highest BCUT2D eigenvalue weighted by molar-refractivity contribution is 5.90. The summed E-state index contributed by atoms with van der Waals surface area (Å²) in [4.78, 5) is 23.4. The van der Waals surface area contributed by atoms with Crippen LogP contribution in [-0.2, 0) is 19.1 Å². The molecule has 0 rings (SSSR count). The molecular formula is C14H24O4. The molecule has 0 bridgehead atoms. The van der Waals surface area contributed by atoms with Crippen LogP contribution in [0.4, 0.5) is 0 Å². The Morgan fingerprint density at radius 1 is 1.17 bits per heavy atom. The van der Waals surface area contributed by atoms with Crippen molar-refractivity contribution >= 4 is 11.9 Å². The Morgan fingerprint density at radius 3 is 2.22 bits per heavy atom. The zero-order valence-corrected chi connectivity index (χ0v) is 12.0. The molecule has 0 radical (unpaired) electrons. The Hall–Kier alpha value is -1.32. The number of unbranched alkanes of at least 4 members (excludes halogenated alkanes) is 2. The van der Waals surface area contributed by atoms with Gasteiger partial charge < -0.3 is 9.47 Å². The van der Waals surface area contributed by atoms with Crippen molar-refractivity contribution in [2.75, 3.05) is 6.61 Å². The molecule has 0 spiro atoms. The van der Waals surface area contributed by atoms with Crippen molar-refractivity contribution in [2.24, 2.45) is 5.41 Å². The SMILES string of the molecule is CCCC/C=C(\OC(=O)C(C)(C)C)C(=O)OCC. The predicted octanol–water partition coefficient (Wildman–Crippen LogP) is 3.21. The summed E-state index contributed by atoms with van der Waals surface area (Å²) in [5.41, 5.74) is -0.643. The zero-order valence-electron chi connectivity index (χ0n) is 12.0. The lowest BCUT2D eigenvalue weighted by molar-refractivity contribution is -0.156. The van der Waals surface area contributed by atoms with Crippen LogP contribution in [0.25, 0.3) is 0 Å². The molecule has 0 aliphatic carbocycles. The molecule has 104 valence electrons. The van der Waals surface area contributed by atoms with Crippen molar-refractivity contribution in [3.05, 3.63) is 11.8 Å². The third kappa shape index (κ3) is 6.42. The zero-order chi connectivity index (χ0) is 14.2. The van der Waals surface area contributed by atoms with Crippen LogP contribution in [0.5, 0.6) is 0 Å². The summed E-state index contributed by atoms with van der Waals surface area (Å²) in [5, 5.41) is 0. The minimum atomic E-state index is -0.643. The van der Waals surface area contributed by atoms with Gasteiger partial charge in [-0.25, -0.2) is 4.79 Å². The van der Waals surface area contributed by atoms with E-state index in [0.717, 1.165) is 12.8 Å². The summed E-state index contributed by atoms with van der Waals surface area (Å²) in [5.74, 6) is -1.00. The van der Waals surface area contributed by atoms with Crippen molar-refractivity contribution in [1.29, 1.82) is 0 Å². The predicted molar refractivity (Wildman–Crippen MR) is 69.8 cm³/mol.